The summed E-state index contributed by atoms with van der Waals surface area (Å²) in [4.78, 5) is 14.0. The molecule has 8 heteroatoms. The third kappa shape index (κ3) is 7.98. The molecule has 3 rings (SSSR count). The summed E-state index contributed by atoms with van der Waals surface area (Å²) in [6.45, 7) is 9.52. The van der Waals surface area contributed by atoms with Gasteiger partial charge in [0.1, 0.15) is 11.6 Å². The van der Waals surface area contributed by atoms with E-state index in [1.54, 1.807) is 0 Å². The van der Waals surface area contributed by atoms with E-state index in [2.05, 4.69) is 54.5 Å². The lowest BCUT2D eigenvalue weighted by Gasteiger charge is -2.37. The number of nitrogens with zero attached hydrogens (tertiary/aromatic N) is 1. The van der Waals surface area contributed by atoms with E-state index in [1.165, 1.54) is 24.6 Å². The summed E-state index contributed by atoms with van der Waals surface area (Å²) in [5.41, 5.74) is 3.90. The number of benzene rings is 2. The molecule has 198 valence electrons. The van der Waals surface area contributed by atoms with Crippen LogP contribution in [0.4, 0.5) is 14.5 Å². The molecule has 1 heterocycles. The second-order valence-corrected chi connectivity index (χ2v) is 10.9. The number of aliphatic hydroxyl groups excluding tert-OH is 2. The van der Waals surface area contributed by atoms with Crippen LogP contribution in [0.2, 0.25) is 0 Å². The van der Waals surface area contributed by atoms with Gasteiger partial charge in [0.15, 0.2) is 0 Å². The zero-order chi connectivity index (χ0) is 26.5. The van der Waals surface area contributed by atoms with E-state index >= 15 is 0 Å². The minimum absolute atomic E-state index is 0.0193. The van der Waals surface area contributed by atoms with Gasteiger partial charge in [0.2, 0.25) is 5.91 Å². The van der Waals surface area contributed by atoms with Crippen LogP contribution in [-0.2, 0) is 17.6 Å². The summed E-state index contributed by atoms with van der Waals surface area (Å²) in [5.74, 6) is -1.72. The Bertz CT molecular complexity index is 1020. The first-order chi connectivity index (χ1) is 16.9. The topological polar surface area (TPSA) is 84.8 Å². The van der Waals surface area contributed by atoms with E-state index in [4.69, 9.17) is 0 Å². The van der Waals surface area contributed by atoms with Gasteiger partial charge in [0.25, 0.3) is 0 Å². The lowest BCUT2D eigenvalue weighted by molar-refractivity contribution is -0.120. The third-order valence-electron chi connectivity index (χ3n) is 6.40. The van der Waals surface area contributed by atoms with Crippen molar-refractivity contribution < 1.29 is 23.8 Å². The highest BCUT2D eigenvalue weighted by molar-refractivity contribution is 5.73. The Labute approximate surface area is 212 Å². The molecule has 36 heavy (non-hydrogen) atoms. The van der Waals surface area contributed by atoms with Gasteiger partial charge in [-0.15, -0.1) is 0 Å². The first-order valence-corrected chi connectivity index (χ1v) is 12.6. The van der Waals surface area contributed by atoms with E-state index in [1.807, 2.05) is 0 Å². The number of fused-ring (bicyclic) bond motifs is 1. The molecule has 0 bridgehead atoms. The van der Waals surface area contributed by atoms with Crippen LogP contribution in [0.25, 0.3) is 0 Å². The van der Waals surface area contributed by atoms with Gasteiger partial charge in [0, 0.05) is 44.4 Å². The van der Waals surface area contributed by atoms with Gasteiger partial charge in [0.05, 0.1) is 18.8 Å². The molecule has 3 atom stereocenters. The van der Waals surface area contributed by atoms with Gasteiger partial charge in [-0.05, 0) is 59.6 Å². The van der Waals surface area contributed by atoms with Crippen LogP contribution in [-0.4, -0.2) is 54.5 Å². The van der Waals surface area contributed by atoms with Crippen molar-refractivity contribution in [2.75, 3.05) is 31.1 Å². The summed E-state index contributed by atoms with van der Waals surface area (Å²) in [5, 5.41) is 26.7. The number of β-amino-alcohol motifs (C(OH)–C–C–N with tert-alkyl or cyclic N) is 1. The van der Waals surface area contributed by atoms with E-state index in [0.29, 0.717) is 12.1 Å². The highest BCUT2D eigenvalue weighted by atomic mass is 19.1. The number of rotatable bonds is 10. The summed E-state index contributed by atoms with van der Waals surface area (Å²) >= 11 is 0. The van der Waals surface area contributed by atoms with Crippen LogP contribution >= 0.6 is 0 Å². The van der Waals surface area contributed by atoms with Gasteiger partial charge < -0.3 is 25.7 Å². The first-order valence-electron chi connectivity index (χ1n) is 12.6. The van der Waals surface area contributed by atoms with Crippen molar-refractivity contribution in [2.24, 2.45) is 5.41 Å². The maximum Gasteiger partial charge on any atom is 0.217 e. The predicted octanol–water partition coefficient (Wildman–Crippen LogP) is 3.49. The van der Waals surface area contributed by atoms with E-state index in [-0.39, 0.29) is 36.9 Å². The predicted molar refractivity (Wildman–Crippen MR) is 138 cm³/mol. The Morgan fingerprint density at radius 3 is 2.44 bits per heavy atom. The van der Waals surface area contributed by atoms with Gasteiger partial charge in [-0.2, -0.15) is 0 Å². The number of carbonyl (C=O) groups is 1. The Kier molecular flexibility index (Phi) is 9.44. The van der Waals surface area contributed by atoms with E-state index in [0.717, 1.165) is 36.7 Å². The zero-order valence-electron chi connectivity index (χ0n) is 21.7. The highest BCUT2D eigenvalue weighted by Crippen LogP contribution is 2.35. The molecule has 4 N–H and O–H groups in total. The Balaban J connectivity index is 1.77. The van der Waals surface area contributed by atoms with Crippen molar-refractivity contribution in [1.29, 1.82) is 0 Å². The minimum Gasteiger partial charge on any atom is -0.395 e. The largest absolute Gasteiger partial charge is 0.395 e. The van der Waals surface area contributed by atoms with Gasteiger partial charge >= 0.3 is 0 Å². The molecule has 1 amide bonds. The normalized spacial score (nSPS) is 17.4. The Morgan fingerprint density at radius 1 is 1.14 bits per heavy atom. The standard InChI is InChI=1S/C28H39F2N3O3/c1-18(35)32-25(14-20-11-21(29)15-22(30)12-20)27(36)17-31-24-7-8-33(9-10-34)26-6-5-19(13-23(24)26)16-28(2,3)4/h5-6,11-13,15,24-25,27,31,34,36H,7-10,14,16-17H2,1-4H3,(H,32,35)/t24-,25-,27-/m0/s1. The summed E-state index contributed by atoms with van der Waals surface area (Å²) in [7, 11) is 0. The number of aliphatic hydroxyl groups is 2. The molecule has 1 aliphatic heterocycles. The van der Waals surface area contributed by atoms with Crippen LogP contribution in [0.1, 0.15) is 56.8 Å². The third-order valence-corrected chi connectivity index (χ3v) is 6.40. The monoisotopic (exact) mass is 503 g/mol. The highest BCUT2D eigenvalue weighted by Gasteiger charge is 2.28. The first kappa shape index (κ1) is 28.0. The van der Waals surface area contributed by atoms with Crippen molar-refractivity contribution in [3.05, 3.63) is 64.7 Å². The Morgan fingerprint density at radius 2 is 1.83 bits per heavy atom. The van der Waals surface area contributed by atoms with Crippen molar-refractivity contribution >= 4 is 11.6 Å². The summed E-state index contributed by atoms with van der Waals surface area (Å²) < 4.78 is 27.3. The van der Waals surface area contributed by atoms with Gasteiger partial charge in [-0.1, -0.05) is 32.9 Å². The fourth-order valence-electron chi connectivity index (χ4n) is 4.95. The molecular formula is C28H39F2N3O3. The minimum atomic E-state index is -0.975. The fourth-order valence-corrected chi connectivity index (χ4v) is 4.95. The number of anilines is 1. The molecule has 0 unspecified atom stereocenters. The summed E-state index contributed by atoms with van der Waals surface area (Å²) in [6.07, 6.45) is 0.832. The lowest BCUT2D eigenvalue weighted by atomic mass is 9.85. The molecule has 0 saturated heterocycles. The van der Waals surface area contributed by atoms with E-state index in [9.17, 15) is 23.8 Å². The molecule has 0 aromatic heterocycles. The average Bonchev–Trinajstić information content (AvgIpc) is 2.76. The average molecular weight is 504 g/mol. The SMILES string of the molecule is CC(=O)N[C@@H](Cc1cc(F)cc(F)c1)[C@@H](O)CN[C@H]1CCN(CCO)c2ccc(CC(C)(C)C)cc21. The number of halogens is 2. The van der Waals surface area contributed by atoms with E-state index < -0.39 is 23.8 Å². The number of amides is 1. The van der Waals surface area contributed by atoms with Crippen LogP contribution in [0, 0.1) is 17.0 Å². The van der Waals surface area contributed by atoms with Crippen LogP contribution < -0.4 is 15.5 Å². The second kappa shape index (κ2) is 12.1. The number of hydrogen-bond donors (Lipinski definition) is 4. The number of carbonyl (C=O) groups excluding carboxylic acids is 1. The fraction of sp³-hybridized carbons (Fsp3) is 0.536. The molecule has 6 nitrogen and oxygen atoms in total. The molecule has 1 aliphatic rings. The smallest absolute Gasteiger partial charge is 0.217 e. The van der Waals surface area contributed by atoms with Crippen molar-refractivity contribution in [2.45, 2.75) is 65.1 Å². The number of hydrogen-bond acceptors (Lipinski definition) is 5. The second-order valence-electron chi connectivity index (χ2n) is 10.9. The molecule has 0 saturated carbocycles. The zero-order valence-corrected chi connectivity index (χ0v) is 21.7. The van der Waals surface area contributed by atoms with Crippen LogP contribution in [0.15, 0.2) is 36.4 Å². The van der Waals surface area contributed by atoms with Gasteiger partial charge in [-0.25, -0.2) is 8.78 Å². The molecular weight excluding hydrogens is 464 g/mol. The van der Waals surface area contributed by atoms with Crippen molar-refractivity contribution in [1.82, 2.24) is 10.6 Å². The molecule has 0 spiro atoms. The van der Waals surface area contributed by atoms with Crippen molar-refractivity contribution in [3.63, 3.8) is 0 Å². The molecule has 2 aromatic carbocycles. The number of nitrogens with one attached hydrogen (secondary N) is 2. The van der Waals surface area contributed by atoms with Crippen LogP contribution in [0.5, 0.6) is 0 Å². The van der Waals surface area contributed by atoms with Crippen LogP contribution in [0.3, 0.4) is 0 Å². The quantitative estimate of drug-likeness (QED) is 0.399. The molecule has 0 radical (unpaired) electrons. The van der Waals surface area contributed by atoms with Gasteiger partial charge in [-0.3, -0.25) is 4.79 Å². The maximum atomic E-state index is 13.7. The molecule has 0 fully saturated rings. The Hall–Kier alpha value is -2.55. The van der Waals surface area contributed by atoms with Crippen molar-refractivity contribution in [3.8, 4) is 0 Å². The molecule has 0 aliphatic carbocycles. The lowest BCUT2D eigenvalue weighted by Crippen LogP contribution is -2.49. The maximum absolute atomic E-state index is 13.7. The summed E-state index contributed by atoms with van der Waals surface area (Å²) in [6, 6.07) is 8.93. The molecule has 2 aromatic rings.